The summed E-state index contributed by atoms with van der Waals surface area (Å²) in [6.07, 6.45) is 0.856. The number of halogens is 1. The highest BCUT2D eigenvalue weighted by molar-refractivity contribution is 14.0. The zero-order valence-corrected chi connectivity index (χ0v) is 16.3. The van der Waals surface area contributed by atoms with Gasteiger partial charge in [0.15, 0.2) is 11.7 Å². The number of nitrogens with one attached hydrogen (secondary N) is 2. The number of hydrogen-bond donors (Lipinski definition) is 2. The Morgan fingerprint density at radius 1 is 1.26 bits per heavy atom. The third-order valence-corrected chi connectivity index (χ3v) is 3.19. The van der Waals surface area contributed by atoms with Crippen LogP contribution in [-0.2, 0) is 19.5 Å². The molecule has 0 radical (unpaired) electrons. The van der Waals surface area contributed by atoms with Gasteiger partial charge in [-0.25, -0.2) is 9.98 Å². The minimum absolute atomic E-state index is 0. The molecule has 0 saturated carbocycles. The summed E-state index contributed by atoms with van der Waals surface area (Å²) >= 11 is 0. The summed E-state index contributed by atoms with van der Waals surface area (Å²) in [7, 11) is 0. The molecule has 0 aliphatic carbocycles. The van der Waals surface area contributed by atoms with Crippen LogP contribution in [0.5, 0.6) is 0 Å². The number of aliphatic imine (C=N–C) groups is 1. The van der Waals surface area contributed by atoms with Gasteiger partial charge >= 0.3 is 0 Å². The van der Waals surface area contributed by atoms with E-state index in [1.165, 1.54) is 0 Å². The minimum atomic E-state index is 0. The zero-order valence-electron chi connectivity index (χ0n) is 14.0. The second kappa shape index (κ2) is 9.53. The van der Waals surface area contributed by atoms with Gasteiger partial charge in [-0.05, 0) is 27.2 Å². The summed E-state index contributed by atoms with van der Waals surface area (Å²) in [5, 5.41) is 10.3. The highest BCUT2D eigenvalue weighted by atomic mass is 127. The lowest BCUT2D eigenvalue weighted by Crippen LogP contribution is -2.36. The third-order valence-electron chi connectivity index (χ3n) is 3.19. The fourth-order valence-corrected chi connectivity index (χ4v) is 1.87. The second-order valence-corrected chi connectivity index (χ2v) is 4.94. The van der Waals surface area contributed by atoms with E-state index in [-0.39, 0.29) is 24.0 Å². The summed E-state index contributed by atoms with van der Waals surface area (Å²) in [4.78, 5) is 8.80. The summed E-state index contributed by atoms with van der Waals surface area (Å²) in [6, 6.07) is 1.92. The summed E-state index contributed by atoms with van der Waals surface area (Å²) in [5.74, 6) is 2.92. The topological polar surface area (TPSA) is 88.5 Å². The molecule has 0 saturated heterocycles. The van der Waals surface area contributed by atoms with Crippen molar-refractivity contribution >= 4 is 29.9 Å². The molecule has 128 valence electrons. The van der Waals surface area contributed by atoms with Crippen molar-refractivity contribution in [3.05, 3.63) is 34.9 Å². The average Bonchev–Trinajstić information content (AvgIpc) is 3.09. The Balaban J connectivity index is 0.00000264. The Hall–Kier alpha value is -1.58. The van der Waals surface area contributed by atoms with Gasteiger partial charge in [0.05, 0.1) is 17.9 Å². The number of rotatable bonds is 6. The van der Waals surface area contributed by atoms with Gasteiger partial charge in [0.1, 0.15) is 12.3 Å². The van der Waals surface area contributed by atoms with E-state index in [0.29, 0.717) is 24.9 Å². The van der Waals surface area contributed by atoms with Crippen molar-refractivity contribution in [1.29, 1.82) is 0 Å². The first-order valence-electron chi connectivity index (χ1n) is 7.51. The molecule has 0 bridgehead atoms. The van der Waals surface area contributed by atoms with Crippen molar-refractivity contribution in [2.45, 2.75) is 47.2 Å². The first-order chi connectivity index (χ1) is 10.6. The standard InChI is InChI=1S/C15H23N5O2.HI/c1-5-12-7-13(22-20-12)8-17-15(16-6-2)18-9-14-19-10(3)11(4)21-14;/h7H,5-6,8-9H2,1-4H3,(H2,16,17,18);1H. The molecule has 0 spiro atoms. The monoisotopic (exact) mass is 433 g/mol. The van der Waals surface area contributed by atoms with Crippen molar-refractivity contribution in [1.82, 2.24) is 20.8 Å². The molecule has 23 heavy (non-hydrogen) atoms. The quantitative estimate of drug-likeness (QED) is 0.414. The van der Waals surface area contributed by atoms with E-state index in [4.69, 9.17) is 8.94 Å². The maximum atomic E-state index is 5.54. The van der Waals surface area contributed by atoms with Crippen LogP contribution in [0.25, 0.3) is 0 Å². The predicted octanol–water partition coefficient (Wildman–Crippen LogP) is 2.72. The van der Waals surface area contributed by atoms with Gasteiger partial charge in [-0.3, -0.25) is 0 Å². The van der Waals surface area contributed by atoms with E-state index < -0.39 is 0 Å². The summed E-state index contributed by atoms with van der Waals surface area (Å²) in [6.45, 7) is 9.57. The lowest BCUT2D eigenvalue weighted by atomic mass is 10.3. The minimum Gasteiger partial charge on any atom is -0.444 e. The van der Waals surface area contributed by atoms with E-state index in [1.807, 2.05) is 33.8 Å². The maximum Gasteiger partial charge on any atom is 0.214 e. The van der Waals surface area contributed by atoms with Crippen LogP contribution in [0, 0.1) is 13.8 Å². The molecular weight excluding hydrogens is 409 g/mol. The molecule has 8 heteroatoms. The molecule has 2 aromatic rings. The number of oxazole rings is 1. The normalized spacial score (nSPS) is 11.2. The van der Waals surface area contributed by atoms with Gasteiger partial charge in [-0.2, -0.15) is 0 Å². The molecular formula is C15H24IN5O2. The van der Waals surface area contributed by atoms with Crippen LogP contribution in [0.2, 0.25) is 0 Å². The van der Waals surface area contributed by atoms with Crippen LogP contribution in [0.15, 0.2) is 20.0 Å². The number of hydrogen-bond acceptors (Lipinski definition) is 5. The maximum absolute atomic E-state index is 5.54. The van der Waals surface area contributed by atoms with Crippen LogP contribution in [-0.4, -0.2) is 22.6 Å². The van der Waals surface area contributed by atoms with Crippen LogP contribution in [0.4, 0.5) is 0 Å². The SMILES string of the molecule is CCNC(=NCc1cc(CC)no1)NCc1nc(C)c(C)o1.I. The van der Waals surface area contributed by atoms with Gasteiger partial charge in [0.25, 0.3) is 0 Å². The molecule has 0 amide bonds. The lowest BCUT2D eigenvalue weighted by Gasteiger charge is -2.08. The molecule has 0 aromatic carbocycles. The van der Waals surface area contributed by atoms with Crippen molar-refractivity contribution in [3.63, 3.8) is 0 Å². The van der Waals surface area contributed by atoms with E-state index >= 15 is 0 Å². The Bertz CT molecular complexity index is 616. The van der Waals surface area contributed by atoms with E-state index in [0.717, 1.165) is 35.9 Å². The smallest absolute Gasteiger partial charge is 0.214 e. The molecule has 0 aliphatic rings. The van der Waals surface area contributed by atoms with Gasteiger partial charge in [0, 0.05) is 12.6 Å². The third kappa shape index (κ3) is 5.85. The molecule has 2 rings (SSSR count). The van der Waals surface area contributed by atoms with Gasteiger partial charge in [0.2, 0.25) is 5.89 Å². The van der Waals surface area contributed by atoms with E-state index in [9.17, 15) is 0 Å². The fraction of sp³-hybridized carbons (Fsp3) is 0.533. The van der Waals surface area contributed by atoms with Gasteiger partial charge in [-0.1, -0.05) is 12.1 Å². The highest BCUT2D eigenvalue weighted by Crippen LogP contribution is 2.08. The van der Waals surface area contributed by atoms with Gasteiger partial charge < -0.3 is 19.6 Å². The van der Waals surface area contributed by atoms with Crippen molar-refractivity contribution in [2.75, 3.05) is 6.54 Å². The fourth-order valence-electron chi connectivity index (χ4n) is 1.87. The van der Waals surface area contributed by atoms with E-state index in [1.54, 1.807) is 0 Å². The Morgan fingerprint density at radius 2 is 2.04 bits per heavy atom. The number of guanidine groups is 1. The van der Waals surface area contributed by atoms with Crippen LogP contribution in [0.3, 0.4) is 0 Å². The van der Waals surface area contributed by atoms with Crippen LogP contribution >= 0.6 is 24.0 Å². The Morgan fingerprint density at radius 3 is 2.61 bits per heavy atom. The molecule has 0 unspecified atom stereocenters. The molecule has 7 nitrogen and oxygen atoms in total. The largest absolute Gasteiger partial charge is 0.444 e. The van der Waals surface area contributed by atoms with Crippen LogP contribution < -0.4 is 10.6 Å². The number of aromatic nitrogens is 2. The van der Waals surface area contributed by atoms with Crippen LogP contribution in [0.1, 0.15) is 42.6 Å². The van der Waals surface area contributed by atoms with Crippen molar-refractivity contribution in [2.24, 2.45) is 4.99 Å². The van der Waals surface area contributed by atoms with Gasteiger partial charge in [-0.15, -0.1) is 24.0 Å². The zero-order chi connectivity index (χ0) is 15.9. The Kier molecular flexibility index (Phi) is 8.07. The molecule has 2 aromatic heterocycles. The molecule has 0 aliphatic heterocycles. The van der Waals surface area contributed by atoms with Crippen molar-refractivity contribution in [3.8, 4) is 0 Å². The Labute approximate surface area is 153 Å². The molecule has 0 fully saturated rings. The summed E-state index contributed by atoms with van der Waals surface area (Å²) < 4.78 is 10.8. The highest BCUT2D eigenvalue weighted by Gasteiger charge is 2.07. The first kappa shape index (κ1) is 19.5. The molecule has 2 N–H and O–H groups in total. The second-order valence-electron chi connectivity index (χ2n) is 4.94. The molecule has 0 atom stereocenters. The first-order valence-corrected chi connectivity index (χ1v) is 7.51. The van der Waals surface area contributed by atoms with E-state index in [2.05, 4.69) is 25.8 Å². The predicted molar refractivity (Wildman–Crippen MR) is 98.9 cm³/mol. The molecule has 2 heterocycles. The van der Waals surface area contributed by atoms with Crippen molar-refractivity contribution < 1.29 is 8.94 Å². The summed E-state index contributed by atoms with van der Waals surface area (Å²) in [5.41, 5.74) is 1.85. The number of aryl methyl sites for hydroxylation is 3. The average molecular weight is 433 g/mol. The number of nitrogens with zero attached hydrogens (tertiary/aromatic N) is 3. The lowest BCUT2D eigenvalue weighted by molar-refractivity contribution is 0.379.